The van der Waals surface area contributed by atoms with E-state index in [0.29, 0.717) is 23.1 Å². The van der Waals surface area contributed by atoms with E-state index in [1.165, 1.54) is 5.56 Å². The van der Waals surface area contributed by atoms with Crippen LogP contribution < -0.4 is 10.9 Å². The van der Waals surface area contributed by atoms with Crippen molar-refractivity contribution in [3.63, 3.8) is 0 Å². The molecular weight excluding hydrogens is 312 g/mol. The summed E-state index contributed by atoms with van der Waals surface area (Å²) in [6.45, 7) is 2.27. The molecule has 0 aromatic heterocycles. The molecule has 0 aliphatic carbocycles. The Morgan fingerprint density at radius 1 is 1.13 bits per heavy atom. The molecule has 1 aliphatic heterocycles. The molecule has 5 nitrogen and oxygen atoms in total. The number of hydrogen-bond donors (Lipinski definition) is 2. The fourth-order valence-corrected chi connectivity index (χ4v) is 2.61. The summed E-state index contributed by atoms with van der Waals surface area (Å²) in [6.07, 6.45) is 0. The molecule has 2 aromatic carbocycles. The van der Waals surface area contributed by atoms with Crippen LogP contribution in [-0.2, 0) is 6.54 Å². The fourth-order valence-electron chi connectivity index (χ4n) is 2.38. The minimum absolute atomic E-state index is 0.287. The maximum Gasteiger partial charge on any atom is 0.271 e. The van der Waals surface area contributed by atoms with Gasteiger partial charge in [0.1, 0.15) is 0 Å². The van der Waals surface area contributed by atoms with E-state index in [1.54, 1.807) is 24.3 Å². The second-order valence-electron chi connectivity index (χ2n) is 5.17. The highest BCUT2D eigenvalue weighted by atomic mass is 35.5. The molecule has 0 radical (unpaired) electrons. The van der Waals surface area contributed by atoms with Crippen LogP contribution in [0.2, 0.25) is 5.02 Å². The monoisotopic (exact) mass is 328 g/mol. The fraction of sp³-hybridized carbons (Fsp3) is 0.176. The van der Waals surface area contributed by atoms with Crippen LogP contribution in [0.1, 0.15) is 15.9 Å². The normalized spacial score (nSPS) is 13.6. The first-order chi connectivity index (χ1) is 11.2. The molecule has 3 rings (SSSR count). The summed E-state index contributed by atoms with van der Waals surface area (Å²) in [5.74, 6) is 0.374. The first kappa shape index (κ1) is 15.4. The van der Waals surface area contributed by atoms with Gasteiger partial charge in [-0.2, -0.15) is 0 Å². The number of hydrazine groups is 1. The minimum Gasteiger partial charge on any atom is -0.335 e. The number of guanidine groups is 1. The SMILES string of the molecule is O=C(NNC1=NCCN1Cc1ccccc1)c1ccccc1Cl. The third-order valence-electron chi connectivity index (χ3n) is 3.55. The molecule has 0 spiro atoms. The van der Waals surface area contributed by atoms with Crippen molar-refractivity contribution in [3.05, 3.63) is 70.7 Å². The molecule has 2 N–H and O–H groups in total. The van der Waals surface area contributed by atoms with Gasteiger partial charge in [-0.15, -0.1) is 0 Å². The molecule has 118 valence electrons. The van der Waals surface area contributed by atoms with Gasteiger partial charge in [0.25, 0.3) is 5.91 Å². The molecule has 2 aromatic rings. The van der Waals surface area contributed by atoms with Gasteiger partial charge < -0.3 is 4.90 Å². The molecular formula is C17H17ClN4O. The smallest absolute Gasteiger partial charge is 0.271 e. The molecule has 23 heavy (non-hydrogen) atoms. The van der Waals surface area contributed by atoms with E-state index in [0.717, 1.165) is 13.1 Å². The standard InChI is InChI=1S/C17H17ClN4O/c18-15-9-5-4-8-14(15)16(23)20-21-17-19-10-11-22(17)12-13-6-2-1-3-7-13/h1-9H,10-12H2,(H,19,21)(H,20,23). The number of aliphatic imine (C=N–C) groups is 1. The second-order valence-corrected chi connectivity index (χ2v) is 5.58. The zero-order chi connectivity index (χ0) is 16.1. The van der Waals surface area contributed by atoms with Gasteiger partial charge in [-0.1, -0.05) is 54.1 Å². The van der Waals surface area contributed by atoms with Gasteiger partial charge in [0.2, 0.25) is 5.96 Å². The first-order valence-electron chi connectivity index (χ1n) is 7.38. The van der Waals surface area contributed by atoms with E-state index in [9.17, 15) is 4.79 Å². The second kappa shape index (κ2) is 7.15. The predicted molar refractivity (Wildman–Crippen MR) is 91.2 cm³/mol. The molecule has 0 saturated heterocycles. The van der Waals surface area contributed by atoms with Crippen molar-refractivity contribution in [2.24, 2.45) is 4.99 Å². The quantitative estimate of drug-likeness (QED) is 0.851. The van der Waals surface area contributed by atoms with E-state index in [4.69, 9.17) is 11.6 Å². The molecule has 1 heterocycles. The number of nitrogens with one attached hydrogen (secondary N) is 2. The van der Waals surface area contributed by atoms with Crippen molar-refractivity contribution < 1.29 is 4.79 Å². The summed E-state index contributed by atoms with van der Waals surface area (Å²) in [5.41, 5.74) is 7.17. The van der Waals surface area contributed by atoms with E-state index in [1.807, 2.05) is 18.2 Å². The summed E-state index contributed by atoms with van der Waals surface area (Å²) >= 11 is 6.02. The van der Waals surface area contributed by atoms with Crippen LogP contribution in [0.4, 0.5) is 0 Å². The van der Waals surface area contributed by atoms with Gasteiger partial charge in [-0.3, -0.25) is 15.6 Å². The summed E-state index contributed by atoms with van der Waals surface area (Å²) in [6, 6.07) is 17.1. The topological polar surface area (TPSA) is 56.7 Å². The summed E-state index contributed by atoms with van der Waals surface area (Å²) < 4.78 is 0. The number of rotatable bonds is 3. The number of halogens is 1. The number of amides is 1. The third-order valence-corrected chi connectivity index (χ3v) is 3.88. The molecule has 0 atom stereocenters. The Hall–Kier alpha value is -2.53. The van der Waals surface area contributed by atoms with Gasteiger partial charge in [0.05, 0.1) is 17.1 Å². The zero-order valence-corrected chi connectivity index (χ0v) is 13.3. The highest BCUT2D eigenvalue weighted by Crippen LogP contribution is 2.14. The molecule has 0 fully saturated rings. The van der Waals surface area contributed by atoms with Crippen LogP contribution in [0, 0.1) is 0 Å². The Kier molecular flexibility index (Phi) is 4.78. The van der Waals surface area contributed by atoms with E-state index >= 15 is 0 Å². The van der Waals surface area contributed by atoms with E-state index in [2.05, 4.69) is 32.9 Å². The van der Waals surface area contributed by atoms with Crippen LogP contribution in [0.3, 0.4) is 0 Å². The molecule has 0 unspecified atom stereocenters. The molecule has 1 aliphatic rings. The van der Waals surface area contributed by atoms with Crippen molar-refractivity contribution in [2.75, 3.05) is 13.1 Å². The number of carbonyl (C=O) groups is 1. The average molecular weight is 329 g/mol. The average Bonchev–Trinajstić information content (AvgIpc) is 3.01. The lowest BCUT2D eigenvalue weighted by Crippen LogP contribution is -2.47. The van der Waals surface area contributed by atoms with Crippen LogP contribution in [-0.4, -0.2) is 29.9 Å². The Labute approximate surface area is 139 Å². The molecule has 1 amide bonds. The Morgan fingerprint density at radius 3 is 2.65 bits per heavy atom. The Bertz CT molecular complexity index is 718. The van der Waals surface area contributed by atoms with Gasteiger partial charge in [-0.25, -0.2) is 4.99 Å². The molecule has 0 saturated carbocycles. The van der Waals surface area contributed by atoms with Gasteiger partial charge in [-0.05, 0) is 17.7 Å². The lowest BCUT2D eigenvalue weighted by molar-refractivity contribution is 0.0942. The number of benzene rings is 2. The third kappa shape index (κ3) is 3.81. The van der Waals surface area contributed by atoms with Crippen LogP contribution >= 0.6 is 11.6 Å². The van der Waals surface area contributed by atoms with Crippen molar-refractivity contribution in [1.82, 2.24) is 15.8 Å². The van der Waals surface area contributed by atoms with Gasteiger partial charge in [0, 0.05) is 13.1 Å². The summed E-state index contributed by atoms with van der Waals surface area (Å²) in [5, 5.41) is 0.418. The Morgan fingerprint density at radius 2 is 1.87 bits per heavy atom. The van der Waals surface area contributed by atoms with Gasteiger partial charge >= 0.3 is 0 Å². The lowest BCUT2D eigenvalue weighted by atomic mass is 10.2. The number of hydrogen-bond acceptors (Lipinski definition) is 4. The number of nitrogens with zero attached hydrogens (tertiary/aromatic N) is 2. The minimum atomic E-state index is -0.287. The highest BCUT2D eigenvalue weighted by molar-refractivity contribution is 6.33. The van der Waals surface area contributed by atoms with E-state index < -0.39 is 0 Å². The largest absolute Gasteiger partial charge is 0.335 e. The van der Waals surface area contributed by atoms with Crippen LogP contribution in [0.15, 0.2) is 59.6 Å². The Balaban J connectivity index is 1.59. The van der Waals surface area contributed by atoms with Crippen LogP contribution in [0.25, 0.3) is 0 Å². The van der Waals surface area contributed by atoms with Crippen molar-refractivity contribution in [1.29, 1.82) is 0 Å². The predicted octanol–water partition coefficient (Wildman–Crippen LogP) is 2.45. The van der Waals surface area contributed by atoms with E-state index in [-0.39, 0.29) is 5.91 Å². The number of carbonyl (C=O) groups excluding carboxylic acids is 1. The maximum absolute atomic E-state index is 12.2. The van der Waals surface area contributed by atoms with Crippen molar-refractivity contribution in [2.45, 2.75) is 6.54 Å². The van der Waals surface area contributed by atoms with Crippen LogP contribution in [0.5, 0.6) is 0 Å². The highest BCUT2D eigenvalue weighted by Gasteiger charge is 2.18. The first-order valence-corrected chi connectivity index (χ1v) is 7.76. The van der Waals surface area contributed by atoms with Gasteiger partial charge in [0.15, 0.2) is 0 Å². The zero-order valence-electron chi connectivity index (χ0n) is 12.5. The summed E-state index contributed by atoms with van der Waals surface area (Å²) in [4.78, 5) is 18.6. The van der Waals surface area contributed by atoms with Crippen molar-refractivity contribution >= 4 is 23.5 Å². The maximum atomic E-state index is 12.2. The molecule has 6 heteroatoms. The summed E-state index contributed by atoms with van der Waals surface area (Å²) in [7, 11) is 0. The lowest BCUT2D eigenvalue weighted by Gasteiger charge is -2.21. The molecule has 0 bridgehead atoms. The van der Waals surface area contributed by atoms with Crippen molar-refractivity contribution in [3.8, 4) is 0 Å².